The van der Waals surface area contributed by atoms with Gasteiger partial charge in [-0.3, -0.25) is 4.79 Å². The van der Waals surface area contributed by atoms with Crippen LogP contribution in [0.5, 0.6) is 0 Å². The van der Waals surface area contributed by atoms with Gasteiger partial charge in [-0.05, 0) is 32.8 Å². The van der Waals surface area contributed by atoms with Gasteiger partial charge in [0.25, 0.3) is 5.78 Å². The molecule has 108 valence electrons. The van der Waals surface area contributed by atoms with E-state index in [2.05, 4.69) is 20.4 Å². The molecule has 1 amide bonds. The molecule has 0 aliphatic heterocycles. The van der Waals surface area contributed by atoms with E-state index in [4.69, 9.17) is 0 Å². The van der Waals surface area contributed by atoms with Crippen molar-refractivity contribution in [2.45, 2.75) is 39.3 Å². The van der Waals surface area contributed by atoms with Crippen LogP contribution < -0.4 is 5.32 Å². The van der Waals surface area contributed by atoms with E-state index in [1.807, 2.05) is 20.8 Å². The molecule has 0 aliphatic carbocycles. The van der Waals surface area contributed by atoms with Crippen LogP contribution in [0.25, 0.3) is 5.78 Å². The standard InChI is InChI=1S/C13H19N5OS/c1-8-9(2)15-12-16-13(17-18(12)10(8)3)20-7-5-6-14-11(4)19/h5-7H2,1-4H3,(H,14,19). The molecule has 1 N–H and O–H groups in total. The summed E-state index contributed by atoms with van der Waals surface area (Å²) in [5, 5.41) is 7.97. The van der Waals surface area contributed by atoms with Crippen molar-refractivity contribution < 1.29 is 4.79 Å². The number of nitrogens with zero attached hydrogens (tertiary/aromatic N) is 4. The molecule has 0 aromatic carbocycles. The molecule has 2 heterocycles. The van der Waals surface area contributed by atoms with E-state index < -0.39 is 0 Å². The number of rotatable bonds is 5. The number of aromatic nitrogens is 4. The largest absolute Gasteiger partial charge is 0.356 e. The van der Waals surface area contributed by atoms with Gasteiger partial charge in [0.1, 0.15) is 0 Å². The van der Waals surface area contributed by atoms with E-state index in [1.54, 1.807) is 16.3 Å². The van der Waals surface area contributed by atoms with Crippen LogP contribution in [0.4, 0.5) is 0 Å². The van der Waals surface area contributed by atoms with Crippen molar-refractivity contribution in [3.8, 4) is 0 Å². The first-order valence-electron chi connectivity index (χ1n) is 6.57. The van der Waals surface area contributed by atoms with Crippen LogP contribution in [0, 0.1) is 20.8 Å². The Kier molecular flexibility index (Phi) is 4.59. The van der Waals surface area contributed by atoms with Gasteiger partial charge in [-0.15, -0.1) is 5.10 Å². The molecule has 0 aliphatic rings. The second-order valence-corrected chi connectivity index (χ2v) is 5.76. The van der Waals surface area contributed by atoms with Crippen molar-refractivity contribution in [1.29, 1.82) is 0 Å². The molecule has 0 fully saturated rings. The minimum Gasteiger partial charge on any atom is -0.356 e. The first-order chi connectivity index (χ1) is 9.49. The SMILES string of the molecule is CC(=O)NCCCSc1nc2nc(C)c(C)c(C)n2n1. The fourth-order valence-corrected chi connectivity index (χ4v) is 2.56. The van der Waals surface area contributed by atoms with E-state index in [-0.39, 0.29) is 5.91 Å². The van der Waals surface area contributed by atoms with Crippen LogP contribution in [0.2, 0.25) is 0 Å². The Bertz CT molecular complexity index is 637. The molecule has 2 rings (SSSR count). The summed E-state index contributed by atoms with van der Waals surface area (Å²) in [5.41, 5.74) is 3.21. The smallest absolute Gasteiger partial charge is 0.253 e. The minimum atomic E-state index is 0.00614. The number of carbonyl (C=O) groups excluding carboxylic acids is 1. The Balaban J connectivity index is 2.02. The zero-order chi connectivity index (χ0) is 14.7. The van der Waals surface area contributed by atoms with Crippen LogP contribution in [0.1, 0.15) is 30.3 Å². The van der Waals surface area contributed by atoms with Crippen molar-refractivity contribution in [3.05, 3.63) is 17.0 Å². The van der Waals surface area contributed by atoms with Crippen molar-refractivity contribution in [3.63, 3.8) is 0 Å². The molecular formula is C13H19N5OS. The maximum absolute atomic E-state index is 10.7. The molecule has 0 bridgehead atoms. The molecule has 20 heavy (non-hydrogen) atoms. The van der Waals surface area contributed by atoms with Gasteiger partial charge in [0, 0.05) is 30.6 Å². The highest BCUT2D eigenvalue weighted by molar-refractivity contribution is 7.99. The van der Waals surface area contributed by atoms with Crippen molar-refractivity contribution >= 4 is 23.4 Å². The number of hydrogen-bond donors (Lipinski definition) is 1. The summed E-state index contributed by atoms with van der Waals surface area (Å²) in [6.45, 7) is 8.26. The number of aryl methyl sites for hydroxylation is 2. The second-order valence-electron chi connectivity index (χ2n) is 4.70. The number of carbonyl (C=O) groups is 1. The van der Waals surface area contributed by atoms with Gasteiger partial charge in [0.05, 0.1) is 0 Å². The minimum absolute atomic E-state index is 0.00614. The molecule has 2 aromatic rings. The summed E-state index contributed by atoms with van der Waals surface area (Å²) in [6.07, 6.45) is 0.893. The second kappa shape index (κ2) is 6.21. The fraction of sp³-hybridized carbons (Fsp3) is 0.538. The van der Waals surface area contributed by atoms with Gasteiger partial charge in [-0.1, -0.05) is 11.8 Å². The van der Waals surface area contributed by atoms with Gasteiger partial charge in [-0.25, -0.2) is 9.50 Å². The lowest BCUT2D eigenvalue weighted by Gasteiger charge is -2.04. The summed E-state index contributed by atoms with van der Waals surface area (Å²) in [7, 11) is 0. The van der Waals surface area contributed by atoms with Crippen LogP contribution >= 0.6 is 11.8 Å². The maximum atomic E-state index is 10.7. The highest BCUT2D eigenvalue weighted by Gasteiger charge is 2.10. The zero-order valence-electron chi connectivity index (χ0n) is 12.2. The molecule has 0 unspecified atom stereocenters. The third kappa shape index (κ3) is 3.27. The van der Waals surface area contributed by atoms with Crippen LogP contribution in [-0.4, -0.2) is 37.8 Å². The number of thioether (sulfide) groups is 1. The molecule has 0 radical (unpaired) electrons. The average Bonchev–Trinajstić information content (AvgIpc) is 2.78. The van der Waals surface area contributed by atoms with E-state index in [0.29, 0.717) is 12.3 Å². The first kappa shape index (κ1) is 14.8. The summed E-state index contributed by atoms with van der Waals surface area (Å²) in [6, 6.07) is 0. The lowest BCUT2D eigenvalue weighted by Crippen LogP contribution is -2.21. The normalized spacial score (nSPS) is 11.0. The fourth-order valence-electron chi connectivity index (χ4n) is 1.80. The van der Waals surface area contributed by atoms with Crippen molar-refractivity contribution in [2.75, 3.05) is 12.3 Å². The van der Waals surface area contributed by atoms with E-state index in [9.17, 15) is 4.79 Å². The molecule has 0 spiro atoms. The molecule has 7 heteroatoms. The van der Waals surface area contributed by atoms with Gasteiger partial charge in [0.15, 0.2) is 0 Å². The Hall–Kier alpha value is -1.63. The highest BCUT2D eigenvalue weighted by atomic mass is 32.2. The predicted octanol–water partition coefficient (Wildman–Crippen LogP) is 1.67. The van der Waals surface area contributed by atoms with Crippen molar-refractivity contribution in [2.24, 2.45) is 0 Å². The Labute approximate surface area is 122 Å². The third-order valence-corrected chi connectivity index (χ3v) is 4.09. The molecule has 0 saturated carbocycles. The van der Waals surface area contributed by atoms with E-state index >= 15 is 0 Å². The number of hydrogen-bond acceptors (Lipinski definition) is 5. The van der Waals surface area contributed by atoms with Crippen molar-refractivity contribution in [1.82, 2.24) is 24.9 Å². The topological polar surface area (TPSA) is 72.2 Å². The summed E-state index contributed by atoms with van der Waals surface area (Å²) in [4.78, 5) is 19.6. The lowest BCUT2D eigenvalue weighted by atomic mass is 10.2. The summed E-state index contributed by atoms with van der Waals surface area (Å²) < 4.78 is 1.79. The van der Waals surface area contributed by atoms with Gasteiger partial charge in [-0.2, -0.15) is 4.98 Å². The Morgan fingerprint density at radius 3 is 2.75 bits per heavy atom. The molecule has 6 nitrogen and oxygen atoms in total. The van der Waals surface area contributed by atoms with Crippen LogP contribution in [-0.2, 0) is 4.79 Å². The quantitative estimate of drug-likeness (QED) is 0.670. The number of amides is 1. The highest BCUT2D eigenvalue weighted by Crippen LogP contribution is 2.17. The van der Waals surface area contributed by atoms with E-state index in [0.717, 1.165) is 34.3 Å². The lowest BCUT2D eigenvalue weighted by molar-refractivity contribution is -0.118. The number of nitrogens with one attached hydrogen (secondary N) is 1. The van der Waals surface area contributed by atoms with Crippen LogP contribution in [0.15, 0.2) is 5.16 Å². The van der Waals surface area contributed by atoms with E-state index in [1.165, 1.54) is 6.92 Å². The van der Waals surface area contributed by atoms with Gasteiger partial charge in [0.2, 0.25) is 11.1 Å². The molecule has 2 aromatic heterocycles. The summed E-state index contributed by atoms with van der Waals surface area (Å²) in [5.74, 6) is 1.52. The predicted molar refractivity (Wildman–Crippen MR) is 79.0 cm³/mol. The Morgan fingerprint density at radius 2 is 2.05 bits per heavy atom. The molecular weight excluding hydrogens is 274 g/mol. The summed E-state index contributed by atoms with van der Waals surface area (Å²) >= 11 is 1.58. The average molecular weight is 293 g/mol. The maximum Gasteiger partial charge on any atom is 0.253 e. The van der Waals surface area contributed by atoms with Gasteiger partial charge >= 0.3 is 0 Å². The van der Waals surface area contributed by atoms with Crippen LogP contribution in [0.3, 0.4) is 0 Å². The number of fused-ring (bicyclic) bond motifs is 1. The first-order valence-corrected chi connectivity index (χ1v) is 7.55. The zero-order valence-corrected chi connectivity index (χ0v) is 13.0. The van der Waals surface area contributed by atoms with Gasteiger partial charge < -0.3 is 5.32 Å². The molecule has 0 saturated heterocycles. The molecule has 0 atom stereocenters. The monoisotopic (exact) mass is 293 g/mol. The Morgan fingerprint density at radius 1 is 1.30 bits per heavy atom. The third-order valence-electron chi connectivity index (χ3n) is 3.17.